The van der Waals surface area contributed by atoms with Gasteiger partial charge < -0.3 is 10.1 Å². The fourth-order valence-electron chi connectivity index (χ4n) is 2.43. The predicted molar refractivity (Wildman–Crippen MR) is 124 cm³/mol. The SMILES string of the molecule is N#C/C(=C/c1ccc(OC(=O)c2ccc(Cl)cc2)cc1)C(=O)Nc1ccc(I)cc1. The van der Waals surface area contributed by atoms with Gasteiger partial charge in [-0.05, 0) is 94.9 Å². The molecule has 3 aromatic carbocycles. The lowest BCUT2D eigenvalue weighted by molar-refractivity contribution is -0.112. The van der Waals surface area contributed by atoms with E-state index in [0.717, 1.165) is 3.57 Å². The minimum atomic E-state index is -0.510. The maximum atomic E-state index is 12.3. The summed E-state index contributed by atoms with van der Waals surface area (Å²) >= 11 is 7.98. The maximum absolute atomic E-state index is 12.3. The van der Waals surface area contributed by atoms with Gasteiger partial charge in [-0.25, -0.2) is 4.79 Å². The predicted octanol–water partition coefficient (Wildman–Crippen LogP) is 5.71. The molecule has 0 fully saturated rings. The van der Waals surface area contributed by atoms with Crippen molar-refractivity contribution in [3.05, 3.63) is 98.1 Å². The number of hydrogen-bond acceptors (Lipinski definition) is 4. The average molecular weight is 529 g/mol. The lowest BCUT2D eigenvalue weighted by atomic mass is 10.1. The van der Waals surface area contributed by atoms with Gasteiger partial charge in [0.25, 0.3) is 5.91 Å². The number of esters is 1. The summed E-state index contributed by atoms with van der Waals surface area (Å²) in [7, 11) is 0. The van der Waals surface area contributed by atoms with Crippen LogP contribution in [0.25, 0.3) is 6.08 Å². The molecule has 0 saturated carbocycles. The van der Waals surface area contributed by atoms with Crippen LogP contribution in [0.4, 0.5) is 5.69 Å². The zero-order valence-electron chi connectivity index (χ0n) is 15.4. The molecule has 1 amide bonds. The number of nitrogens with zero attached hydrogens (tertiary/aromatic N) is 1. The quantitative estimate of drug-likeness (QED) is 0.151. The van der Waals surface area contributed by atoms with Crippen LogP contribution in [0.1, 0.15) is 15.9 Å². The van der Waals surface area contributed by atoms with Crippen LogP contribution in [0.2, 0.25) is 5.02 Å². The Morgan fingerprint density at radius 3 is 2.20 bits per heavy atom. The van der Waals surface area contributed by atoms with Crippen LogP contribution in [-0.4, -0.2) is 11.9 Å². The molecule has 0 heterocycles. The Bertz CT molecular complexity index is 1130. The van der Waals surface area contributed by atoms with E-state index in [9.17, 15) is 14.9 Å². The molecule has 0 aliphatic rings. The van der Waals surface area contributed by atoms with Gasteiger partial charge in [-0.2, -0.15) is 5.26 Å². The smallest absolute Gasteiger partial charge is 0.343 e. The lowest BCUT2D eigenvalue weighted by Gasteiger charge is -2.06. The fourth-order valence-corrected chi connectivity index (χ4v) is 2.92. The van der Waals surface area contributed by atoms with Crippen LogP contribution in [0.3, 0.4) is 0 Å². The molecule has 0 atom stereocenters. The number of rotatable bonds is 5. The Labute approximate surface area is 192 Å². The summed E-state index contributed by atoms with van der Waals surface area (Å²) in [4.78, 5) is 24.5. The molecule has 148 valence electrons. The van der Waals surface area contributed by atoms with Gasteiger partial charge >= 0.3 is 5.97 Å². The third-order valence-electron chi connectivity index (χ3n) is 3.95. The van der Waals surface area contributed by atoms with Crippen molar-refractivity contribution in [2.75, 3.05) is 5.32 Å². The van der Waals surface area contributed by atoms with E-state index in [1.807, 2.05) is 18.2 Å². The number of carbonyl (C=O) groups excluding carboxylic acids is 2. The molecular formula is C23H14ClIN2O3. The van der Waals surface area contributed by atoms with Gasteiger partial charge in [0, 0.05) is 14.3 Å². The van der Waals surface area contributed by atoms with Crippen LogP contribution in [-0.2, 0) is 4.79 Å². The molecule has 5 nitrogen and oxygen atoms in total. The molecule has 7 heteroatoms. The molecule has 0 bridgehead atoms. The molecule has 0 unspecified atom stereocenters. The normalized spacial score (nSPS) is 10.8. The highest BCUT2D eigenvalue weighted by Gasteiger charge is 2.11. The summed E-state index contributed by atoms with van der Waals surface area (Å²) in [6, 6.07) is 22.0. The van der Waals surface area contributed by atoms with Crippen LogP contribution >= 0.6 is 34.2 Å². The second kappa shape index (κ2) is 10.1. The Hall–Kier alpha value is -3.15. The van der Waals surface area contributed by atoms with Gasteiger partial charge in [-0.15, -0.1) is 0 Å². The van der Waals surface area contributed by atoms with Crippen LogP contribution < -0.4 is 10.1 Å². The number of halogens is 2. The first-order valence-corrected chi connectivity index (χ1v) is 10.2. The van der Waals surface area contributed by atoms with E-state index in [1.54, 1.807) is 60.7 Å². The van der Waals surface area contributed by atoms with Gasteiger partial charge in [0.05, 0.1) is 5.56 Å². The zero-order chi connectivity index (χ0) is 21.5. The first-order valence-electron chi connectivity index (χ1n) is 8.71. The second-order valence-electron chi connectivity index (χ2n) is 6.10. The molecule has 30 heavy (non-hydrogen) atoms. The Morgan fingerprint density at radius 2 is 1.60 bits per heavy atom. The van der Waals surface area contributed by atoms with E-state index in [1.165, 1.54) is 6.08 Å². The number of hydrogen-bond donors (Lipinski definition) is 1. The number of nitrogens with one attached hydrogen (secondary N) is 1. The topological polar surface area (TPSA) is 79.2 Å². The monoisotopic (exact) mass is 528 g/mol. The third-order valence-corrected chi connectivity index (χ3v) is 4.92. The minimum Gasteiger partial charge on any atom is -0.423 e. The first-order chi connectivity index (χ1) is 14.4. The van der Waals surface area contributed by atoms with E-state index < -0.39 is 11.9 Å². The van der Waals surface area contributed by atoms with Gasteiger partial charge in [0.15, 0.2) is 0 Å². The van der Waals surface area contributed by atoms with Crippen molar-refractivity contribution >= 4 is 57.8 Å². The third kappa shape index (κ3) is 5.92. The Kier molecular flexibility index (Phi) is 7.22. The van der Waals surface area contributed by atoms with Gasteiger partial charge in [0.1, 0.15) is 17.4 Å². The standard InChI is InChI=1S/C23H14ClIN2O3/c24-18-5-3-16(4-6-18)23(29)30-21-11-1-15(2-12-21)13-17(14-26)22(28)27-20-9-7-19(25)8-10-20/h1-13H,(H,27,28)/b17-13-. The zero-order valence-corrected chi connectivity index (χ0v) is 18.3. The number of ether oxygens (including phenoxy) is 1. The van der Waals surface area contributed by atoms with Crippen LogP contribution in [0, 0.1) is 14.9 Å². The summed E-state index contributed by atoms with van der Waals surface area (Å²) in [6.45, 7) is 0. The lowest BCUT2D eigenvalue weighted by Crippen LogP contribution is -2.13. The van der Waals surface area contributed by atoms with Gasteiger partial charge in [-0.1, -0.05) is 23.7 Å². The van der Waals surface area contributed by atoms with Crippen molar-refractivity contribution in [1.82, 2.24) is 0 Å². The van der Waals surface area contributed by atoms with Gasteiger partial charge in [0.2, 0.25) is 0 Å². The summed E-state index contributed by atoms with van der Waals surface area (Å²) in [5.74, 6) is -0.671. The highest BCUT2D eigenvalue weighted by atomic mass is 127. The number of amides is 1. The van der Waals surface area contributed by atoms with E-state index in [4.69, 9.17) is 16.3 Å². The minimum absolute atomic E-state index is 0.0422. The van der Waals surface area contributed by atoms with E-state index in [-0.39, 0.29) is 5.57 Å². The van der Waals surface area contributed by atoms with Crippen molar-refractivity contribution in [3.8, 4) is 11.8 Å². The molecule has 0 aliphatic carbocycles. The average Bonchev–Trinajstić information content (AvgIpc) is 2.75. The summed E-state index contributed by atoms with van der Waals surface area (Å²) in [5, 5.41) is 12.6. The largest absolute Gasteiger partial charge is 0.423 e. The fraction of sp³-hybridized carbons (Fsp3) is 0. The molecule has 0 aliphatic heterocycles. The van der Waals surface area contributed by atoms with E-state index in [2.05, 4.69) is 27.9 Å². The van der Waals surface area contributed by atoms with Gasteiger partial charge in [-0.3, -0.25) is 4.79 Å². The number of benzene rings is 3. The molecular weight excluding hydrogens is 515 g/mol. The molecule has 0 aromatic heterocycles. The maximum Gasteiger partial charge on any atom is 0.343 e. The molecule has 0 saturated heterocycles. The summed E-state index contributed by atoms with van der Waals surface area (Å²) in [6.07, 6.45) is 1.47. The highest BCUT2D eigenvalue weighted by Crippen LogP contribution is 2.18. The number of nitriles is 1. The molecule has 0 spiro atoms. The molecule has 1 N–H and O–H groups in total. The van der Waals surface area contributed by atoms with Crippen LogP contribution in [0.15, 0.2) is 78.4 Å². The van der Waals surface area contributed by atoms with E-state index in [0.29, 0.717) is 27.6 Å². The number of carbonyl (C=O) groups is 2. The Morgan fingerprint density at radius 1 is 0.967 bits per heavy atom. The summed E-state index contributed by atoms with van der Waals surface area (Å²) in [5.41, 5.74) is 1.56. The van der Waals surface area contributed by atoms with Crippen molar-refractivity contribution in [3.63, 3.8) is 0 Å². The second-order valence-corrected chi connectivity index (χ2v) is 7.78. The highest BCUT2D eigenvalue weighted by molar-refractivity contribution is 14.1. The van der Waals surface area contributed by atoms with Crippen molar-refractivity contribution in [2.24, 2.45) is 0 Å². The molecule has 3 aromatic rings. The van der Waals surface area contributed by atoms with Crippen molar-refractivity contribution in [2.45, 2.75) is 0 Å². The molecule has 3 rings (SSSR count). The van der Waals surface area contributed by atoms with Crippen molar-refractivity contribution in [1.29, 1.82) is 5.26 Å². The van der Waals surface area contributed by atoms with Crippen LogP contribution in [0.5, 0.6) is 5.75 Å². The molecule has 0 radical (unpaired) electrons. The van der Waals surface area contributed by atoms with E-state index >= 15 is 0 Å². The summed E-state index contributed by atoms with van der Waals surface area (Å²) < 4.78 is 6.36. The Balaban J connectivity index is 1.67. The number of anilines is 1. The van der Waals surface area contributed by atoms with Crippen molar-refractivity contribution < 1.29 is 14.3 Å². The first kappa shape index (κ1) is 21.6.